The highest BCUT2D eigenvalue weighted by atomic mass is 32.1. The monoisotopic (exact) mass is 397 g/mol. The summed E-state index contributed by atoms with van der Waals surface area (Å²) in [5, 5.41) is 36.0. The molecule has 4 rings (SSSR count). The lowest BCUT2D eigenvalue weighted by Gasteiger charge is -2.22. The fourth-order valence-electron chi connectivity index (χ4n) is 3.10. The molecule has 2 aromatic heterocycles. The predicted octanol–water partition coefficient (Wildman–Crippen LogP) is 2.81. The van der Waals surface area contributed by atoms with Crippen LogP contribution in [0.1, 0.15) is 0 Å². The molecule has 2 heterocycles. The molecule has 0 saturated heterocycles. The number of azo groups is 1. The predicted molar refractivity (Wildman–Crippen MR) is 110 cm³/mol. The minimum Gasteiger partial charge on any atom is -0.395 e. The summed E-state index contributed by atoms with van der Waals surface area (Å²) in [6, 6.07) is 11.8. The molecule has 0 aliphatic heterocycles. The van der Waals surface area contributed by atoms with Gasteiger partial charge in [0.1, 0.15) is 11.2 Å². The van der Waals surface area contributed by atoms with Gasteiger partial charge in [-0.2, -0.15) is 5.10 Å². The Morgan fingerprint density at radius 3 is 2.57 bits per heavy atom. The number of hydrogen-bond donors (Lipinski definition) is 3. The summed E-state index contributed by atoms with van der Waals surface area (Å²) in [6.45, 7) is 1.02. The zero-order valence-corrected chi connectivity index (χ0v) is 16.2. The number of aromatic amines is 1. The van der Waals surface area contributed by atoms with E-state index in [0.717, 1.165) is 37.6 Å². The molecule has 28 heavy (non-hydrogen) atoms. The normalized spacial score (nSPS) is 11.8. The molecule has 0 unspecified atom stereocenters. The minimum absolute atomic E-state index is 0.0364. The summed E-state index contributed by atoms with van der Waals surface area (Å²) in [5.74, 6) is 0. The Bertz CT molecular complexity index is 1110. The van der Waals surface area contributed by atoms with Crippen LogP contribution < -0.4 is 9.47 Å². The van der Waals surface area contributed by atoms with Gasteiger partial charge in [-0.1, -0.05) is 0 Å². The number of aliphatic hydroxyl groups excluding tert-OH is 2. The van der Waals surface area contributed by atoms with Gasteiger partial charge in [-0.3, -0.25) is 5.10 Å². The van der Waals surface area contributed by atoms with Crippen molar-refractivity contribution in [2.75, 3.05) is 31.2 Å². The van der Waals surface area contributed by atoms with Gasteiger partial charge >= 0.3 is 5.13 Å². The number of anilines is 1. The van der Waals surface area contributed by atoms with Crippen LogP contribution in [-0.2, 0) is 7.05 Å². The van der Waals surface area contributed by atoms with E-state index in [1.807, 2.05) is 47.0 Å². The third-order valence-corrected chi connectivity index (χ3v) is 5.66. The Kier molecular flexibility index (Phi) is 5.29. The largest absolute Gasteiger partial charge is 0.409 e. The van der Waals surface area contributed by atoms with Gasteiger partial charge in [0.2, 0.25) is 0 Å². The maximum Gasteiger partial charge on any atom is 0.409 e. The van der Waals surface area contributed by atoms with Crippen LogP contribution in [0, 0.1) is 0 Å². The lowest BCUT2D eigenvalue weighted by Crippen LogP contribution is -2.29. The summed E-state index contributed by atoms with van der Waals surface area (Å²) in [6.07, 6.45) is 1.81. The van der Waals surface area contributed by atoms with Crippen LogP contribution in [0.2, 0.25) is 0 Å². The second-order valence-corrected chi connectivity index (χ2v) is 7.38. The Labute approximate surface area is 165 Å². The molecular formula is C19H21N6O2S+. The summed E-state index contributed by atoms with van der Waals surface area (Å²) < 4.78 is 3.15. The van der Waals surface area contributed by atoms with Crippen molar-refractivity contribution in [3.05, 3.63) is 42.6 Å². The summed E-state index contributed by atoms with van der Waals surface area (Å²) in [4.78, 5) is 1.92. The first-order valence-electron chi connectivity index (χ1n) is 8.93. The quantitative estimate of drug-likeness (QED) is 0.330. The average Bonchev–Trinajstić information content (AvgIpc) is 3.29. The van der Waals surface area contributed by atoms with Crippen LogP contribution in [-0.4, -0.2) is 46.7 Å². The number of benzene rings is 2. The second kappa shape index (κ2) is 8.01. The maximum atomic E-state index is 9.16. The van der Waals surface area contributed by atoms with E-state index in [1.165, 1.54) is 0 Å². The van der Waals surface area contributed by atoms with E-state index in [1.54, 1.807) is 11.3 Å². The molecule has 9 heteroatoms. The topological polar surface area (TPSA) is 101 Å². The number of aryl methyl sites for hydroxylation is 1. The molecule has 0 amide bonds. The highest BCUT2D eigenvalue weighted by molar-refractivity contribution is 7.21. The standard InChI is InChI=1S/C19H21N6O2S/c1-24-17-11-16-13(12-20-22-16)10-18(17)28-19(24)23-21-14-2-4-15(5-3-14)25(6-8-26)7-9-27/h2-5,10-12,26-27H,6-9H2,1H3,(H,20,22)/q+1. The molecule has 2 aromatic carbocycles. The fraction of sp³-hybridized carbons (Fsp3) is 0.263. The van der Waals surface area contributed by atoms with Gasteiger partial charge in [-0.15, -0.1) is 0 Å². The number of thiazole rings is 1. The molecule has 0 atom stereocenters. The van der Waals surface area contributed by atoms with Crippen molar-refractivity contribution in [2.45, 2.75) is 0 Å². The lowest BCUT2D eigenvalue weighted by molar-refractivity contribution is -0.627. The molecular weight excluding hydrogens is 376 g/mol. The molecule has 3 N–H and O–H groups in total. The van der Waals surface area contributed by atoms with Crippen LogP contribution in [0.4, 0.5) is 16.5 Å². The number of fused-ring (bicyclic) bond motifs is 2. The molecule has 0 radical (unpaired) electrons. The number of aliphatic hydroxyl groups is 2. The van der Waals surface area contributed by atoms with Gasteiger partial charge in [-0.25, -0.2) is 4.57 Å². The van der Waals surface area contributed by atoms with Crippen LogP contribution in [0.5, 0.6) is 0 Å². The zero-order chi connectivity index (χ0) is 19.5. The molecule has 0 aliphatic carbocycles. The Balaban J connectivity index is 1.57. The number of aromatic nitrogens is 3. The third kappa shape index (κ3) is 3.59. The van der Waals surface area contributed by atoms with Crippen molar-refractivity contribution >= 4 is 49.0 Å². The van der Waals surface area contributed by atoms with Crippen molar-refractivity contribution in [1.82, 2.24) is 10.2 Å². The van der Waals surface area contributed by atoms with Gasteiger partial charge in [-0.05, 0) is 46.8 Å². The molecule has 0 bridgehead atoms. The Hall–Kier alpha value is -2.88. The van der Waals surface area contributed by atoms with E-state index in [2.05, 4.69) is 32.6 Å². The molecule has 4 aromatic rings. The van der Waals surface area contributed by atoms with Gasteiger partial charge in [0.05, 0.1) is 41.8 Å². The zero-order valence-electron chi connectivity index (χ0n) is 15.4. The molecule has 0 aliphatic rings. The van der Waals surface area contributed by atoms with Crippen LogP contribution in [0.3, 0.4) is 0 Å². The maximum absolute atomic E-state index is 9.16. The third-order valence-electron chi connectivity index (χ3n) is 4.57. The van der Waals surface area contributed by atoms with E-state index < -0.39 is 0 Å². The number of rotatable bonds is 7. The lowest BCUT2D eigenvalue weighted by atomic mass is 10.2. The van der Waals surface area contributed by atoms with Gasteiger partial charge < -0.3 is 15.1 Å². The Morgan fingerprint density at radius 1 is 1.11 bits per heavy atom. The van der Waals surface area contributed by atoms with Gasteiger partial charge in [0, 0.05) is 30.2 Å². The second-order valence-electron chi connectivity index (χ2n) is 6.37. The van der Waals surface area contributed by atoms with Crippen molar-refractivity contribution in [1.29, 1.82) is 0 Å². The fourth-order valence-corrected chi connectivity index (χ4v) is 4.10. The first kappa shape index (κ1) is 18.5. The van der Waals surface area contributed by atoms with Crippen molar-refractivity contribution in [3.8, 4) is 0 Å². The van der Waals surface area contributed by atoms with E-state index in [4.69, 9.17) is 10.2 Å². The number of nitrogens with one attached hydrogen (secondary N) is 1. The first-order chi connectivity index (χ1) is 13.7. The average molecular weight is 397 g/mol. The van der Waals surface area contributed by atoms with E-state index in [-0.39, 0.29) is 13.2 Å². The molecule has 144 valence electrons. The molecule has 0 saturated carbocycles. The summed E-state index contributed by atoms with van der Waals surface area (Å²) in [5.41, 5.74) is 3.74. The molecule has 8 nitrogen and oxygen atoms in total. The van der Waals surface area contributed by atoms with Gasteiger partial charge in [0.25, 0.3) is 0 Å². The van der Waals surface area contributed by atoms with Crippen molar-refractivity contribution in [3.63, 3.8) is 0 Å². The van der Waals surface area contributed by atoms with Crippen LogP contribution in [0.25, 0.3) is 21.1 Å². The summed E-state index contributed by atoms with van der Waals surface area (Å²) in [7, 11) is 1.97. The van der Waals surface area contributed by atoms with Gasteiger partial charge in [0.15, 0.2) is 0 Å². The van der Waals surface area contributed by atoms with E-state index in [0.29, 0.717) is 13.1 Å². The SMILES string of the molecule is C[n+]1c(N=Nc2ccc(N(CCO)CCO)cc2)sc2cc3cn[nH]c3cc21. The number of nitrogens with zero attached hydrogens (tertiary/aromatic N) is 5. The van der Waals surface area contributed by atoms with Crippen LogP contribution in [0.15, 0.2) is 52.8 Å². The van der Waals surface area contributed by atoms with E-state index in [9.17, 15) is 0 Å². The number of H-pyrrole nitrogens is 1. The number of hydrogen-bond acceptors (Lipinski definition) is 7. The van der Waals surface area contributed by atoms with E-state index >= 15 is 0 Å². The smallest absolute Gasteiger partial charge is 0.395 e. The van der Waals surface area contributed by atoms with Crippen molar-refractivity contribution < 1.29 is 14.8 Å². The van der Waals surface area contributed by atoms with Crippen LogP contribution >= 0.6 is 11.3 Å². The molecule has 0 fully saturated rings. The highest BCUT2D eigenvalue weighted by Crippen LogP contribution is 2.30. The minimum atomic E-state index is 0.0364. The highest BCUT2D eigenvalue weighted by Gasteiger charge is 2.17. The molecule has 0 spiro atoms. The first-order valence-corrected chi connectivity index (χ1v) is 9.75. The summed E-state index contributed by atoms with van der Waals surface area (Å²) >= 11 is 1.58. The van der Waals surface area contributed by atoms with Crippen molar-refractivity contribution in [2.24, 2.45) is 17.3 Å². The Morgan fingerprint density at radius 2 is 1.86 bits per heavy atom.